The van der Waals surface area contributed by atoms with Crippen LogP contribution in [0.15, 0.2) is 24.3 Å². The third-order valence-electron chi connectivity index (χ3n) is 2.91. The smallest absolute Gasteiger partial charge is 0.243 e. The number of carbonyl (C=O) groups excluding carboxylic acids is 1. The van der Waals surface area contributed by atoms with Crippen LogP contribution in [0, 0.1) is 0 Å². The lowest BCUT2D eigenvalue weighted by atomic mass is 10.3. The molecule has 7 heteroatoms. The van der Waals surface area contributed by atoms with Crippen molar-refractivity contribution >= 4 is 33.2 Å². The maximum Gasteiger partial charge on any atom is 0.243 e. The van der Waals surface area contributed by atoms with E-state index in [1.54, 1.807) is 29.2 Å². The number of halogens is 1. The lowest BCUT2D eigenvalue weighted by Crippen LogP contribution is -2.42. The molecule has 5 nitrogen and oxygen atoms in total. The number of anilines is 1. The van der Waals surface area contributed by atoms with Gasteiger partial charge < -0.3 is 4.90 Å². The molecule has 1 aromatic carbocycles. The molecule has 0 unspecified atom stereocenters. The molecule has 0 fully saturated rings. The first-order valence-corrected chi connectivity index (χ1v) is 8.53. The molecule has 0 aliphatic heterocycles. The fourth-order valence-electron chi connectivity index (χ4n) is 1.81. The maximum absolute atomic E-state index is 12.1. The number of amides is 1. The number of sulfonamides is 1. The Hall–Kier alpha value is -1.27. The highest BCUT2D eigenvalue weighted by Crippen LogP contribution is 2.20. The quantitative estimate of drug-likeness (QED) is 0.806. The van der Waals surface area contributed by atoms with E-state index in [2.05, 4.69) is 0 Å². The van der Waals surface area contributed by atoms with Gasteiger partial charge in [0.1, 0.15) is 6.54 Å². The Kier molecular flexibility index (Phi) is 5.83. The predicted molar refractivity (Wildman–Crippen MR) is 81.6 cm³/mol. The zero-order valence-corrected chi connectivity index (χ0v) is 13.4. The normalized spacial score (nSPS) is 11.2. The predicted octanol–water partition coefficient (Wildman–Crippen LogP) is 1.97. The molecule has 112 valence electrons. The van der Waals surface area contributed by atoms with Crippen LogP contribution < -0.4 is 4.31 Å². The van der Waals surface area contributed by atoms with E-state index in [9.17, 15) is 13.2 Å². The van der Waals surface area contributed by atoms with Crippen molar-refractivity contribution in [1.82, 2.24) is 4.90 Å². The second-order valence-electron chi connectivity index (χ2n) is 4.31. The van der Waals surface area contributed by atoms with Crippen molar-refractivity contribution in [3.05, 3.63) is 29.3 Å². The summed E-state index contributed by atoms with van der Waals surface area (Å²) < 4.78 is 24.8. The molecule has 0 radical (unpaired) electrons. The molecule has 0 N–H and O–H groups in total. The van der Waals surface area contributed by atoms with Gasteiger partial charge in [-0.15, -0.1) is 0 Å². The first-order chi connectivity index (χ1) is 9.29. The Morgan fingerprint density at radius 1 is 1.15 bits per heavy atom. The minimum absolute atomic E-state index is 0.206. The number of carbonyl (C=O) groups is 1. The Bertz CT molecular complexity index is 553. The lowest BCUT2D eigenvalue weighted by Gasteiger charge is -2.26. The molecule has 0 bridgehead atoms. The van der Waals surface area contributed by atoms with Crippen molar-refractivity contribution in [1.29, 1.82) is 0 Å². The van der Waals surface area contributed by atoms with Gasteiger partial charge >= 0.3 is 0 Å². The second-order valence-corrected chi connectivity index (χ2v) is 6.66. The molecule has 0 aromatic heterocycles. The SMILES string of the molecule is CCN(CC)C(=O)CN(c1ccc(Cl)cc1)S(C)(=O)=O. The molecule has 0 saturated carbocycles. The summed E-state index contributed by atoms with van der Waals surface area (Å²) >= 11 is 5.79. The molecule has 0 aliphatic carbocycles. The molecule has 0 aliphatic rings. The zero-order chi connectivity index (χ0) is 15.3. The van der Waals surface area contributed by atoms with E-state index in [1.165, 1.54) is 0 Å². The number of hydrogen-bond acceptors (Lipinski definition) is 3. The second kappa shape index (κ2) is 6.95. The van der Waals surface area contributed by atoms with Crippen LogP contribution in [0.5, 0.6) is 0 Å². The fourth-order valence-corrected chi connectivity index (χ4v) is 2.78. The molecular formula is C13H19ClN2O3S. The van der Waals surface area contributed by atoms with Crippen molar-refractivity contribution in [2.75, 3.05) is 30.2 Å². The number of rotatable bonds is 6. The van der Waals surface area contributed by atoms with E-state index in [-0.39, 0.29) is 12.5 Å². The number of hydrogen-bond donors (Lipinski definition) is 0. The van der Waals surface area contributed by atoms with E-state index in [4.69, 9.17) is 11.6 Å². The Labute approximate surface area is 125 Å². The molecule has 1 aromatic rings. The molecule has 0 saturated heterocycles. The summed E-state index contributed by atoms with van der Waals surface area (Å²) in [5.74, 6) is -0.227. The van der Waals surface area contributed by atoms with Crippen molar-refractivity contribution < 1.29 is 13.2 Å². The van der Waals surface area contributed by atoms with Crippen LogP contribution in [0.2, 0.25) is 5.02 Å². The monoisotopic (exact) mass is 318 g/mol. The van der Waals surface area contributed by atoms with E-state index < -0.39 is 10.0 Å². The van der Waals surface area contributed by atoms with E-state index in [1.807, 2.05) is 13.8 Å². The summed E-state index contributed by atoms with van der Waals surface area (Å²) in [4.78, 5) is 13.7. The van der Waals surface area contributed by atoms with E-state index >= 15 is 0 Å². The maximum atomic E-state index is 12.1. The van der Waals surface area contributed by atoms with Crippen molar-refractivity contribution in [2.24, 2.45) is 0 Å². The summed E-state index contributed by atoms with van der Waals surface area (Å²) in [6.45, 7) is 4.60. The first-order valence-electron chi connectivity index (χ1n) is 6.30. The van der Waals surface area contributed by atoms with E-state index in [0.717, 1.165) is 10.6 Å². The van der Waals surface area contributed by atoms with Gasteiger partial charge in [0.15, 0.2) is 0 Å². The summed E-state index contributed by atoms with van der Waals surface area (Å²) in [7, 11) is -3.53. The summed E-state index contributed by atoms with van der Waals surface area (Å²) in [5, 5.41) is 0.511. The highest BCUT2D eigenvalue weighted by molar-refractivity contribution is 7.92. The molecule has 1 amide bonds. The standard InChI is InChI=1S/C13H19ClN2O3S/c1-4-15(5-2)13(17)10-16(20(3,18)19)12-8-6-11(14)7-9-12/h6-9H,4-5,10H2,1-3H3. The van der Waals surface area contributed by atoms with Crippen LogP contribution in [0.3, 0.4) is 0 Å². The van der Waals surface area contributed by atoms with Gasteiger partial charge in [-0.2, -0.15) is 0 Å². The third kappa shape index (κ3) is 4.38. The van der Waals surface area contributed by atoms with E-state index in [0.29, 0.717) is 23.8 Å². The summed E-state index contributed by atoms with van der Waals surface area (Å²) in [6, 6.07) is 6.35. The van der Waals surface area contributed by atoms with Gasteiger partial charge in [-0.1, -0.05) is 11.6 Å². The lowest BCUT2D eigenvalue weighted by molar-refractivity contribution is -0.129. The molecule has 1 rings (SSSR count). The number of likely N-dealkylation sites (N-methyl/N-ethyl adjacent to an activating group) is 1. The van der Waals surface area contributed by atoms with Gasteiger partial charge in [-0.3, -0.25) is 9.10 Å². The molecule has 0 heterocycles. The van der Waals surface area contributed by atoms with Crippen LogP contribution in [0.1, 0.15) is 13.8 Å². The van der Waals surface area contributed by atoms with Crippen molar-refractivity contribution in [3.63, 3.8) is 0 Å². The minimum atomic E-state index is -3.53. The highest BCUT2D eigenvalue weighted by atomic mass is 35.5. The average Bonchev–Trinajstić information content (AvgIpc) is 2.37. The molecule has 20 heavy (non-hydrogen) atoms. The summed E-state index contributed by atoms with van der Waals surface area (Å²) in [5.41, 5.74) is 0.428. The van der Waals surface area contributed by atoms with Crippen LogP contribution in [-0.2, 0) is 14.8 Å². The summed E-state index contributed by atoms with van der Waals surface area (Å²) in [6.07, 6.45) is 1.08. The highest BCUT2D eigenvalue weighted by Gasteiger charge is 2.22. The number of benzene rings is 1. The van der Waals surface area contributed by atoms with Gasteiger partial charge in [0, 0.05) is 18.1 Å². The van der Waals surface area contributed by atoms with Gasteiger partial charge in [0.2, 0.25) is 15.9 Å². The Morgan fingerprint density at radius 2 is 1.65 bits per heavy atom. The average molecular weight is 319 g/mol. The van der Waals surface area contributed by atoms with Gasteiger partial charge in [-0.05, 0) is 38.1 Å². The first kappa shape index (κ1) is 16.8. The minimum Gasteiger partial charge on any atom is -0.342 e. The molecular weight excluding hydrogens is 300 g/mol. The third-order valence-corrected chi connectivity index (χ3v) is 4.30. The largest absolute Gasteiger partial charge is 0.342 e. The molecule has 0 atom stereocenters. The number of nitrogens with zero attached hydrogens (tertiary/aromatic N) is 2. The van der Waals surface area contributed by atoms with Crippen molar-refractivity contribution in [3.8, 4) is 0 Å². The van der Waals surface area contributed by atoms with Crippen LogP contribution in [-0.4, -0.2) is 45.1 Å². The van der Waals surface area contributed by atoms with Crippen LogP contribution in [0.4, 0.5) is 5.69 Å². The van der Waals surface area contributed by atoms with Gasteiger partial charge in [0.25, 0.3) is 0 Å². The fraction of sp³-hybridized carbons (Fsp3) is 0.462. The topological polar surface area (TPSA) is 57.7 Å². The Balaban J connectivity index is 3.03. The Morgan fingerprint density at radius 3 is 2.05 bits per heavy atom. The van der Waals surface area contributed by atoms with Gasteiger partial charge in [-0.25, -0.2) is 8.42 Å². The zero-order valence-electron chi connectivity index (χ0n) is 11.8. The van der Waals surface area contributed by atoms with Crippen molar-refractivity contribution in [2.45, 2.75) is 13.8 Å². The van der Waals surface area contributed by atoms with Crippen LogP contribution >= 0.6 is 11.6 Å². The van der Waals surface area contributed by atoms with Gasteiger partial charge in [0.05, 0.1) is 11.9 Å². The molecule has 0 spiro atoms. The van der Waals surface area contributed by atoms with Crippen LogP contribution in [0.25, 0.3) is 0 Å².